The minimum Gasteiger partial charge on any atom is -0.459 e. The number of aromatic nitrogens is 4. The normalized spacial score (nSPS) is 11.3. The van der Waals surface area contributed by atoms with E-state index in [9.17, 15) is 4.79 Å². The highest BCUT2D eigenvalue weighted by atomic mass is 32.2. The fourth-order valence-corrected chi connectivity index (χ4v) is 3.20. The molecule has 0 aliphatic carbocycles. The second-order valence-corrected chi connectivity index (χ2v) is 7.40. The Bertz CT molecular complexity index is 891. The number of hydrogen-bond donors (Lipinski definition) is 2. The molecule has 0 unspecified atom stereocenters. The Kier molecular flexibility index (Phi) is 6.33. The highest BCUT2D eigenvalue weighted by Gasteiger charge is 2.14. The summed E-state index contributed by atoms with van der Waals surface area (Å²) in [6.07, 6.45) is 4.30. The molecule has 0 aromatic carbocycles. The highest BCUT2D eigenvalue weighted by molar-refractivity contribution is 7.99. The zero-order valence-corrected chi connectivity index (χ0v) is 16.5. The Morgan fingerprint density at radius 3 is 2.93 bits per heavy atom. The number of thioether (sulfide) groups is 1. The van der Waals surface area contributed by atoms with Gasteiger partial charge in [-0.3, -0.25) is 4.79 Å². The first-order chi connectivity index (χ1) is 13.1. The van der Waals surface area contributed by atoms with Gasteiger partial charge in [0, 0.05) is 18.3 Å². The Morgan fingerprint density at radius 1 is 1.37 bits per heavy atom. The molecule has 0 atom stereocenters. The van der Waals surface area contributed by atoms with Crippen LogP contribution in [0.3, 0.4) is 0 Å². The van der Waals surface area contributed by atoms with E-state index in [0.29, 0.717) is 18.8 Å². The van der Waals surface area contributed by atoms with E-state index in [1.54, 1.807) is 34.8 Å². The summed E-state index contributed by atoms with van der Waals surface area (Å²) < 4.78 is 6.89. The Morgan fingerprint density at radius 2 is 2.22 bits per heavy atom. The number of furan rings is 1. The van der Waals surface area contributed by atoms with Crippen LogP contribution in [0.2, 0.25) is 0 Å². The standard InChI is InChI=1S/C18H24N6O2S/c1-4-10-27-18-22-15(21-12(2)3)13-11-20-24(16(13)23-18)8-7-19-17(25)14-6-5-9-26-14/h5-6,9,11-12H,4,7-8,10H2,1-3H3,(H,19,25)(H,21,22,23). The predicted molar refractivity (Wildman–Crippen MR) is 106 cm³/mol. The Balaban J connectivity index is 1.77. The largest absolute Gasteiger partial charge is 0.459 e. The van der Waals surface area contributed by atoms with Crippen LogP contribution in [-0.2, 0) is 6.54 Å². The monoisotopic (exact) mass is 388 g/mol. The van der Waals surface area contributed by atoms with Crippen LogP contribution in [0.15, 0.2) is 34.2 Å². The second kappa shape index (κ2) is 8.90. The van der Waals surface area contributed by atoms with E-state index in [2.05, 4.69) is 46.5 Å². The number of nitrogens with one attached hydrogen (secondary N) is 2. The molecular formula is C18H24N6O2S. The zero-order chi connectivity index (χ0) is 19.2. The van der Waals surface area contributed by atoms with Gasteiger partial charge in [-0.15, -0.1) is 0 Å². The summed E-state index contributed by atoms with van der Waals surface area (Å²) in [7, 11) is 0. The highest BCUT2D eigenvalue weighted by Crippen LogP contribution is 2.25. The minimum absolute atomic E-state index is 0.243. The molecule has 144 valence electrons. The molecule has 0 saturated heterocycles. The number of rotatable bonds is 9. The molecule has 0 saturated carbocycles. The van der Waals surface area contributed by atoms with Crippen molar-refractivity contribution in [2.45, 2.75) is 44.9 Å². The van der Waals surface area contributed by atoms with E-state index < -0.39 is 0 Å². The summed E-state index contributed by atoms with van der Waals surface area (Å²) >= 11 is 1.63. The quantitative estimate of drug-likeness (QED) is 0.429. The zero-order valence-electron chi connectivity index (χ0n) is 15.7. The molecule has 27 heavy (non-hydrogen) atoms. The fourth-order valence-electron chi connectivity index (χ4n) is 2.51. The van der Waals surface area contributed by atoms with Crippen molar-refractivity contribution in [3.63, 3.8) is 0 Å². The number of carbonyl (C=O) groups excluding carboxylic acids is 1. The topological polar surface area (TPSA) is 97.9 Å². The third-order valence-corrected chi connectivity index (χ3v) is 4.74. The SMILES string of the molecule is CCCSc1nc(NC(C)C)c2cnn(CCNC(=O)c3ccco3)c2n1. The summed E-state index contributed by atoms with van der Waals surface area (Å²) in [5, 5.41) is 12.2. The average molecular weight is 388 g/mol. The number of hydrogen-bond acceptors (Lipinski definition) is 7. The molecule has 9 heteroatoms. The van der Waals surface area contributed by atoms with Crippen LogP contribution in [0, 0.1) is 0 Å². The molecule has 1 amide bonds. The first kappa shape index (κ1) is 19.2. The third-order valence-electron chi connectivity index (χ3n) is 3.69. The Labute approximate surface area is 162 Å². The van der Waals surface area contributed by atoms with Gasteiger partial charge in [0.1, 0.15) is 5.82 Å². The molecule has 0 fully saturated rings. The van der Waals surface area contributed by atoms with Crippen LogP contribution in [0.4, 0.5) is 5.82 Å². The van der Waals surface area contributed by atoms with E-state index in [1.807, 2.05) is 0 Å². The smallest absolute Gasteiger partial charge is 0.287 e. The lowest BCUT2D eigenvalue weighted by molar-refractivity contribution is 0.0924. The van der Waals surface area contributed by atoms with Gasteiger partial charge in [-0.1, -0.05) is 18.7 Å². The molecule has 0 radical (unpaired) electrons. The van der Waals surface area contributed by atoms with Gasteiger partial charge in [-0.25, -0.2) is 14.6 Å². The summed E-state index contributed by atoms with van der Waals surface area (Å²) in [4.78, 5) is 21.3. The van der Waals surface area contributed by atoms with Gasteiger partial charge in [-0.2, -0.15) is 5.10 Å². The van der Waals surface area contributed by atoms with Crippen molar-refractivity contribution in [3.8, 4) is 0 Å². The summed E-state index contributed by atoms with van der Waals surface area (Å²) in [6.45, 7) is 7.20. The van der Waals surface area contributed by atoms with Gasteiger partial charge in [0.2, 0.25) is 0 Å². The molecule has 3 heterocycles. The summed E-state index contributed by atoms with van der Waals surface area (Å²) in [5.41, 5.74) is 0.763. The number of carbonyl (C=O) groups is 1. The lowest BCUT2D eigenvalue weighted by Crippen LogP contribution is -2.27. The van der Waals surface area contributed by atoms with E-state index >= 15 is 0 Å². The van der Waals surface area contributed by atoms with Crippen molar-refractivity contribution in [1.82, 2.24) is 25.1 Å². The maximum atomic E-state index is 12.0. The van der Waals surface area contributed by atoms with Crippen molar-refractivity contribution in [3.05, 3.63) is 30.4 Å². The van der Waals surface area contributed by atoms with Crippen LogP contribution in [0.25, 0.3) is 11.0 Å². The molecule has 0 aliphatic rings. The van der Waals surface area contributed by atoms with Crippen LogP contribution in [-0.4, -0.2) is 44.0 Å². The number of anilines is 1. The van der Waals surface area contributed by atoms with Crippen LogP contribution >= 0.6 is 11.8 Å². The fraction of sp³-hybridized carbons (Fsp3) is 0.444. The lowest BCUT2D eigenvalue weighted by atomic mass is 10.3. The molecule has 3 rings (SSSR count). The van der Waals surface area contributed by atoms with Crippen molar-refractivity contribution in [2.75, 3.05) is 17.6 Å². The lowest BCUT2D eigenvalue weighted by Gasteiger charge is -2.12. The number of fused-ring (bicyclic) bond motifs is 1. The predicted octanol–water partition coefficient (Wildman–Crippen LogP) is 3.17. The van der Waals surface area contributed by atoms with Gasteiger partial charge >= 0.3 is 0 Å². The molecular weight excluding hydrogens is 364 g/mol. The van der Waals surface area contributed by atoms with Crippen molar-refractivity contribution >= 4 is 34.5 Å². The maximum absolute atomic E-state index is 12.0. The second-order valence-electron chi connectivity index (χ2n) is 6.34. The van der Waals surface area contributed by atoms with Gasteiger partial charge in [0.25, 0.3) is 5.91 Å². The van der Waals surface area contributed by atoms with Crippen LogP contribution in [0.1, 0.15) is 37.7 Å². The Hall–Kier alpha value is -2.55. The first-order valence-electron chi connectivity index (χ1n) is 9.03. The number of nitrogens with zero attached hydrogens (tertiary/aromatic N) is 4. The van der Waals surface area contributed by atoms with E-state index in [4.69, 9.17) is 4.42 Å². The molecule has 8 nitrogen and oxygen atoms in total. The minimum atomic E-state index is -0.243. The van der Waals surface area contributed by atoms with E-state index in [0.717, 1.165) is 34.2 Å². The van der Waals surface area contributed by atoms with Crippen molar-refractivity contribution in [2.24, 2.45) is 0 Å². The molecule has 0 bridgehead atoms. The molecule has 2 N–H and O–H groups in total. The van der Waals surface area contributed by atoms with Gasteiger partial charge in [0.15, 0.2) is 16.6 Å². The molecule has 3 aromatic rings. The molecule has 3 aromatic heterocycles. The maximum Gasteiger partial charge on any atom is 0.287 e. The summed E-state index contributed by atoms with van der Waals surface area (Å²) in [5.74, 6) is 1.80. The van der Waals surface area contributed by atoms with Crippen LogP contribution in [0.5, 0.6) is 0 Å². The molecule has 0 aliphatic heterocycles. The molecule has 0 spiro atoms. The first-order valence-corrected chi connectivity index (χ1v) is 10.0. The van der Waals surface area contributed by atoms with Gasteiger partial charge in [0.05, 0.1) is 24.4 Å². The van der Waals surface area contributed by atoms with Crippen LogP contribution < -0.4 is 10.6 Å². The summed E-state index contributed by atoms with van der Waals surface area (Å²) in [6, 6.07) is 3.57. The van der Waals surface area contributed by atoms with Crippen molar-refractivity contribution < 1.29 is 9.21 Å². The van der Waals surface area contributed by atoms with Gasteiger partial charge in [-0.05, 0) is 32.4 Å². The van der Waals surface area contributed by atoms with Crippen molar-refractivity contribution in [1.29, 1.82) is 0 Å². The average Bonchev–Trinajstić information content (AvgIpc) is 3.30. The van der Waals surface area contributed by atoms with E-state index in [1.165, 1.54) is 6.26 Å². The van der Waals surface area contributed by atoms with Gasteiger partial charge < -0.3 is 15.1 Å². The van der Waals surface area contributed by atoms with E-state index in [-0.39, 0.29) is 11.9 Å². The number of amides is 1. The third kappa shape index (κ3) is 4.79.